The summed E-state index contributed by atoms with van der Waals surface area (Å²) in [6.45, 7) is 10.7. The molecule has 1 heterocycles. The van der Waals surface area contributed by atoms with Crippen molar-refractivity contribution in [3.63, 3.8) is 0 Å². The second-order valence-electron chi connectivity index (χ2n) is 5.80. The minimum Gasteiger partial charge on any atom is -0.393 e. The van der Waals surface area contributed by atoms with E-state index in [1.165, 1.54) is 0 Å². The van der Waals surface area contributed by atoms with Crippen molar-refractivity contribution < 1.29 is 14.3 Å². The first-order chi connectivity index (χ1) is 6.72. The van der Waals surface area contributed by atoms with Crippen LogP contribution in [0.5, 0.6) is 0 Å². The summed E-state index contributed by atoms with van der Waals surface area (Å²) in [5.41, 5.74) is 0. The normalized spacial score (nSPS) is 29.1. The fraction of sp³-hybridized carbons (Fsp3) is 0.818. The number of hydrogen-bond donors (Lipinski definition) is 0. The number of rotatable bonds is 3. The molecule has 0 aromatic rings. The monoisotopic (exact) mass is 228 g/mol. The van der Waals surface area contributed by atoms with Crippen molar-refractivity contribution in [2.75, 3.05) is 0 Å². The number of carbonyl (C=O) groups excluding carboxylic acids is 2. The largest absolute Gasteiger partial charge is 0.393 e. The Labute approximate surface area is 92.2 Å². The van der Waals surface area contributed by atoms with Gasteiger partial charge in [0.1, 0.15) is 0 Å². The molecule has 1 aliphatic rings. The molecule has 4 heteroatoms. The predicted octanol–water partition coefficient (Wildman–Crippen LogP) is 2.30. The van der Waals surface area contributed by atoms with Gasteiger partial charge in [-0.2, -0.15) is 0 Å². The Bertz CT molecular complexity index is 280. The van der Waals surface area contributed by atoms with Crippen LogP contribution >= 0.6 is 0 Å². The lowest BCUT2D eigenvalue weighted by molar-refractivity contribution is -0.154. The van der Waals surface area contributed by atoms with Gasteiger partial charge in [-0.25, -0.2) is 0 Å². The maximum Gasteiger partial charge on any atom is 0.317 e. The molecule has 1 fully saturated rings. The lowest BCUT2D eigenvalue weighted by Crippen LogP contribution is -2.30. The van der Waals surface area contributed by atoms with Crippen molar-refractivity contribution in [3.05, 3.63) is 0 Å². The fourth-order valence-electron chi connectivity index (χ4n) is 2.43. The van der Waals surface area contributed by atoms with Gasteiger partial charge >= 0.3 is 11.9 Å². The van der Waals surface area contributed by atoms with E-state index in [-0.39, 0.29) is 29.7 Å². The van der Waals surface area contributed by atoms with Crippen LogP contribution in [-0.4, -0.2) is 20.0 Å². The minimum atomic E-state index is -1.19. The molecule has 1 rings (SSSR count). The summed E-state index contributed by atoms with van der Waals surface area (Å²) in [5, 5.41) is 0. The molecular formula is C11H20O3Si. The average molecular weight is 228 g/mol. The smallest absolute Gasteiger partial charge is 0.317 e. The van der Waals surface area contributed by atoms with E-state index in [1.54, 1.807) is 6.92 Å². The van der Waals surface area contributed by atoms with Crippen molar-refractivity contribution >= 4 is 20.0 Å². The van der Waals surface area contributed by atoms with E-state index in [1.807, 2.05) is 0 Å². The number of cyclic esters (lactones) is 2. The number of carbonyl (C=O) groups is 2. The van der Waals surface area contributed by atoms with Gasteiger partial charge in [-0.15, -0.1) is 0 Å². The van der Waals surface area contributed by atoms with Crippen molar-refractivity contribution in [1.29, 1.82) is 0 Å². The van der Waals surface area contributed by atoms with Gasteiger partial charge in [0.25, 0.3) is 0 Å². The van der Waals surface area contributed by atoms with E-state index >= 15 is 0 Å². The molecule has 15 heavy (non-hydrogen) atoms. The molecule has 0 amide bonds. The van der Waals surface area contributed by atoms with Gasteiger partial charge in [0.05, 0.1) is 11.8 Å². The zero-order chi connectivity index (χ0) is 11.8. The van der Waals surface area contributed by atoms with Gasteiger partial charge < -0.3 is 4.74 Å². The molecule has 0 saturated carbocycles. The van der Waals surface area contributed by atoms with Gasteiger partial charge in [0.15, 0.2) is 0 Å². The predicted molar refractivity (Wildman–Crippen MR) is 61.1 cm³/mol. The lowest BCUT2D eigenvalue weighted by Gasteiger charge is -2.25. The second kappa shape index (κ2) is 4.08. The first-order valence-corrected chi connectivity index (χ1v) is 9.18. The highest BCUT2D eigenvalue weighted by Crippen LogP contribution is 2.34. The molecule has 0 aromatic carbocycles. The summed E-state index contributed by atoms with van der Waals surface area (Å²) in [6.07, 6.45) is 0. The molecule has 0 bridgehead atoms. The molecule has 3 atom stereocenters. The van der Waals surface area contributed by atoms with E-state index in [0.717, 1.165) is 6.04 Å². The summed E-state index contributed by atoms with van der Waals surface area (Å²) in [7, 11) is -1.19. The molecule has 0 N–H and O–H groups in total. The van der Waals surface area contributed by atoms with Crippen LogP contribution in [0.25, 0.3) is 0 Å². The molecular weight excluding hydrogens is 208 g/mol. The molecule has 0 radical (unpaired) electrons. The topological polar surface area (TPSA) is 43.4 Å². The summed E-state index contributed by atoms with van der Waals surface area (Å²) in [4.78, 5) is 22.7. The molecule has 86 valence electrons. The first kappa shape index (κ1) is 12.4. The van der Waals surface area contributed by atoms with Crippen LogP contribution in [0.15, 0.2) is 0 Å². The minimum absolute atomic E-state index is 0.218. The zero-order valence-electron chi connectivity index (χ0n) is 10.2. The standard InChI is InChI=1S/C11H20O3Si/c1-7(6-15(3,4)5)9-8(2)10(12)14-11(9)13/h7-9H,6H2,1-5H3. The van der Waals surface area contributed by atoms with Crippen LogP contribution in [0.1, 0.15) is 13.8 Å². The van der Waals surface area contributed by atoms with Crippen LogP contribution in [0.3, 0.4) is 0 Å². The molecule has 3 unspecified atom stereocenters. The molecule has 0 aliphatic carbocycles. The lowest BCUT2D eigenvalue weighted by atomic mass is 9.86. The molecule has 3 nitrogen and oxygen atoms in total. The van der Waals surface area contributed by atoms with Crippen LogP contribution in [0, 0.1) is 17.8 Å². The molecule has 0 spiro atoms. The Balaban J connectivity index is 2.71. The maximum absolute atomic E-state index is 11.5. The maximum atomic E-state index is 11.5. The Hall–Kier alpha value is -0.643. The van der Waals surface area contributed by atoms with Crippen LogP contribution in [0.2, 0.25) is 25.7 Å². The number of hydrogen-bond acceptors (Lipinski definition) is 3. The van der Waals surface area contributed by atoms with E-state index in [2.05, 4.69) is 31.3 Å². The van der Waals surface area contributed by atoms with Crippen LogP contribution in [0.4, 0.5) is 0 Å². The summed E-state index contributed by atoms with van der Waals surface area (Å²) in [6, 6.07) is 1.06. The summed E-state index contributed by atoms with van der Waals surface area (Å²) in [5.74, 6) is -0.899. The van der Waals surface area contributed by atoms with E-state index in [9.17, 15) is 9.59 Å². The Morgan fingerprint density at radius 1 is 1.27 bits per heavy atom. The van der Waals surface area contributed by atoms with Gasteiger partial charge in [-0.1, -0.05) is 39.5 Å². The third kappa shape index (κ3) is 2.90. The summed E-state index contributed by atoms with van der Waals surface area (Å²) < 4.78 is 4.66. The van der Waals surface area contributed by atoms with E-state index in [0.29, 0.717) is 0 Å². The van der Waals surface area contributed by atoms with Gasteiger partial charge in [-0.05, 0) is 5.92 Å². The highest BCUT2D eigenvalue weighted by atomic mass is 28.3. The van der Waals surface area contributed by atoms with Crippen molar-refractivity contribution in [2.45, 2.75) is 39.5 Å². The van der Waals surface area contributed by atoms with Crippen LogP contribution < -0.4 is 0 Å². The van der Waals surface area contributed by atoms with E-state index in [4.69, 9.17) is 0 Å². The van der Waals surface area contributed by atoms with Crippen molar-refractivity contribution in [2.24, 2.45) is 17.8 Å². The van der Waals surface area contributed by atoms with Crippen molar-refractivity contribution in [3.8, 4) is 0 Å². The fourth-order valence-corrected chi connectivity index (χ4v) is 4.61. The quantitative estimate of drug-likeness (QED) is 0.423. The summed E-state index contributed by atoms with van der Waals surface area (Å²) >= 11 is 0. The average Bonchev–Trinajstić information content (AvgIpc) is 2.22. The molecule has 0 aromatic heterocycles. The highest BCUT2D eigenvalue weighted by molar-refractivity contribution is 6.76. The number of ether oxygens (including phenoxy) is 1. The zero-order valence-corrected chi connectivity index (χ0v) is 11.2. The Morgan fingerprint density at radius 2 is 1.80 bits per heavy atom. The SMILES string of the molecule is CC(C[Si](C)(C)C)C1C(=O)OC(=O)C1C. The van der Waals surface area contributed by atoms with E-state index < -0.39 is 8.07 Å². The van der Waals surface area contributed by atoms with Gasteiger partial charge in [-0.3, -0.25) is 9.59 Å². The van der Waals surface area contributed by atoms with Crippen molar-refractivity contribution in [1.82, 2.24) is 0 Å². The Kier molecular flexibility index (Phi) is 3.38. The first-order valence-electron chi connectivity index (χ1n) is 5.48. The van der Waals surface area contributed by atoms with Gasteiger partial charge in [0.2, 0.25) is 0 Å². The number of esters is 2. The second-order valence-corrected chi connectivity index (χ2v) is 11.3. The van der Waals surface area contributed by atoms with Crippen LogP contribution in [-0.2, 0) is 14.3 Å². The third-order valence-corrected chi connectivity index (χ3v) is 4.80. The Morgan fingerprint density at radius 3 is 2.13 bits per heavy atom. The third-order valence-electron chi connectivity index (χ3n) is 2.93. The molecule has 1 saturated heterocycles. The molecule has 1 aliphatic heterocycles. The highest BCUT2D eigenvalue weighted by Gasteiger charge is 2.44. The van der Waals surface area contributed by atoms with Gasteiger partial charge in [0, 0.05) is 8.07 Å².